The van der Waals surface area contributed by atoms with Gasteiger partial charge >= 0.3 is 0 Å². The molecule has 0 bridgehead atoms. The fourth-order valence-electron chi connectivity index (χ4n) is 4.83. The monoisotopic (exact) mass is 482 g/mol. The first-order valence-electron chi connectivity index (χ1n) is 12.0. The molecule has 0 saturated carbocycles. The first-order chi connectivity index (χ1) is 16.5. The molecule has 1 N–H and O–H groups in total. The summed E-state index contributed by atoms with van der Waals surface area (Å²) < 4.78 is 33.9. The van der Waals surface area contributed by atoms with Crippen LogP contribution in [0.2, 0.25) is 0 Å². The minimum Gasteiger partial charge on any atom is -0.440 e. The molecule has 2 aliphatic heterocycles. The van der Waals surface area contributed by atoms with Gasteiger partial charge in [0.05, 0.1) is 5.92 Å². The zero-order valence-electron chi connectivity index (χ0n) is 19.2. The summed E-state index contributed by atoms with van der Waals surface area (Å²) in [5.41, 5.74) is 3.08. The van der Waals surface area contributed by atoms with E-state index in [9.17, 15) is 13.2 Å². The van der Waals surface area contributed by atoms with Crippen LogP contribution >= 0.6 is 0 Å². The smallest absolute Gasteiger partial charge is 0.241 e. The number of oxazole rings is 1. The summed E-state index contributed by atoms with van der Waals surface area (Å²) in [7, 11) is -3.82. The number of fused-ring (bicyclic) bond motifs is 1. The minimum absolute atomic E-state index is 0.0388. The number of amides is 1. The number of para-hydroxylation sites is 2. The molecule has 34 heavy (non-hydrogen) atoms. The van der Waals surface area contributed by atoms with E-state index < -0.39 is 21.7 Å². The number of nitrogens with zero attached hydrogens (tertiary/aromatic N) is 3. The molecule has 0 spiro atoms. The number of sulfonamides is 1. The lowest BCUT2D eigenvalue weighted by atomic mass is 9.98. The molecular formula is C25H30N4O4S. The average Bonchev–Trinajstić information content (AvgIpc) is 3.29. The van der Waals surface area contributed by atoms with Gasteiger partial charge in [-0.1, -0.05) is 12.1 Å². The fraction of sp³-hybridized carbons (Fsp3) is 0.440. The molecule has 2 saturated heterocycles. The van der Waals surface area contributed by atoms with E-state index in [0.717, 1.165) is 42.7 Å². The van der Waals surface area contributed by atoms with Crippen LogP contribution < -0.4 is 9.62 Å². The number of hydrogen-bond donors (Lipinski definition) is 1. The van der Waals surface area contributed by atoms with Gasteiger partial charge in [-0.3, -0.25) is 9.52 Å². The zero-order chi connectivity index (χ0) is 23.5. The average molecular weight is 483 g/mol. The van der Waals surface area contributed by atoms with Crippen LogP contribution in [0.15, 0.2) is 52.9 Å². The van der Waals surface area contributed by atoms with Crippen molar-refractivity contribution in [1.82, 2.24) is 9.88 Å². The number of rotatable bonds is 6. The standard InChI is InChI=1S/C25H30N4O4S/c30-24(29-16-6-7-19(17-29)25-26-22-8-2-3-9-23(22)33-25)18-34(31,32)27-20-10-12-21(13-11-20)28-14-4-1-5-15-28/h2-3,8-13,19,27H,1,4-7,14-18H2. The van der Waals surface area contributed by atoms with Crippen molar-refractivity contribution in [2.75, 3.05) is 41.6 Å². The summed E-state index contributed by atoms with van der Waals surface area (Å²) in [4.78, 5) is 21.4. The van der Waals surface area contributed by atoms with Gasteiger partial charge in [-0.15, -0.1) is 0 Å². The minimum atomic E-state index is -3.82. The fourth-order valence-corrected chi connectivity index (χ4v) is 5.91. The van der Waals surface area contributed by atoms with Crippen LogP contribution in [0.4, 0.5) is 11.4 Å². The van der Waals surface area contributed by atoms with Crippen LogP contribution in [-0.4, -0.2) is 56.1 Å². The van der Waals surface area contributed by atoms with Crippen molar-refractivity contribution in [3.63, 3.8) is 0 Å². The third-order valence-corrected chi connectivity index (χ3v) is 7.78. The van der Waals surface area contributed by atoms with Crippen molar-refractivity contribution < 1.29 is 17.6 Å². The van der Waals surface area contributed by atoms with Crippen molar-refractivity contribution >= 4 is 38.4 Å². The largest absolute Gasteiger partial charge is 0.440 e. The quantitative estimate of drug-likeness (QED) is 0.571. The maximum atomic E-state index is 12.9. The van der Waals surface area contributed by atoms with Crippen molar-refractivity contribution in [1.29, 1.82) is 0 Å². The number of aromatic nitrogens is 1. The summed E-state index contributed by atoms with van der Waals surface area (Å²) in [5, 5.41) is 0. The SMILES string of the molecule is O=C(CS(=O)(=O)Nc1ccc(N2CCCCC2)cc1)N1CCCC(c2nc3ccccc3o2)C1. The second-order valence-electron chi connectivity index (χ2n) is 9.15. The summed E-state index contributed by atoms with van der Waals surface area (Å²) in [5.74, 6) is -0.420. The number of hydrogen-bond acceptors (Lipinski definition) is 6. The van der Waals surface area contributed by atoms with Gasteiger partial charge < -0.3 is 14.2 Å². The Hall–Kier alpha value is -3.07. The Morgan fingerprint density at radius 2 is 1.76 bits per heavy atom. The van der Waals surface area contributed by atoms with Gasteiger partial charge in [0.15, 0.2) is 11.5 Å². The zero-order valence-corrected chi connectivity index (χ0v) is 20.0. The van der Waals surface area contributed by atoms with Crippen LogP contribution in [-0.2, 0) is 14.8 Å². The third-order valence-electron chi connectivity index (χ3n) is 6.61. The van der Waals surface area contributed by atoms with E-state index in [-0.39, 0.29) is 5.92 Å². The van der Waals surface area contributed by atoms with Crippen LogP contribution in [0.3, 0.4) is 0 Å². The van der Waals surface area contributed by atoms with E-state index in [4.69, 9.17) is 4.42 Å². The van der Waals surface area contributed by atoms with Gasteiger partial charge in [-0.05, 0) is 68.5 Å². The normalized spacial score (nSPS) is 19.4. The molecule has 1 unspecified atom stereocenters. The van der Waals surface area contributed by atoms with Gasteiger partial charge in [0, 0.05) is 37.6 Å². The molecule has 3 aromatic rings. The van der Waals surface area contributed by atoms with E-state index >= 15 is 0 Å². The second-order valence-corrected chi connectivity index (χ2v) is 10.9. The predicted molar refractivity (Wildman–Crippen MR) is 132 cm³/mol. The van der Waals surface area contributed by atoms with Crippen LogP contribution in [0.5, 0.6) is 0 Å². The lowest BCUT2D eigenvalue weighted by molar-refractivity contribution is -0.129. The predicted octanol–water partition coefficient (Wildman–Crippen LogP) is 3.97. The van der Waals surface area contributed by atoms with E-state index in [0.29, 0.717) is 24.7 Å². The highest BCUT2D eigenvalue weighted by Crippen LogP contribution is 2.29. The van der Waals surface area contributed by atoms with Gasteiger partial charge in [-0.25, -0.2) is 13.4 Å². The van der Waals surface area contributed by atoms with Crippen molar-refractivity contribution in [2.24, 2.45) is 0 Å². The lowest BCUT2D eigenvalue weighted by Gasteiger charge is -2.31. The Bertz CT molecular complexity index is 1220. The summed E-state index contributed by atoms with van der Waals surface area (Å²) >= 11 is 0. The number of anilines is 2. The molecular weight excluding hydrogens is 452 g/mol. The Morgan fingerprint density at radius 3 is 2.53 bits per heavy atom. The lowest BCUT2D eigenvalue weighted by Crippen LogP contribution is -2.42. The first-order valence-corrected chi connectivity index (χ1v) is 13.6. The van der Waals surface area contributed by atoms with Gasteiger partial charge in [-0.2, -0.15) is 0 Å². The summed E-state index contributed by atoms with van der Waals surface area (Å²) in [6, 6.07) is 14.9. The molecule has 5 rings (SSSR count). The third kappa shape index (κ3) is 5.19. The molecule has 3 heterocycles. The Labute approximate surface area is 200 Å². The molecule has 2 aliphatic rings. The first kappa shape index (κ1) is 22.7. The van der Waals surface area contributed by atoms with Crippen LogP contribution in [0, 0.1) is 0 Å². The number of nitrogens with one attached hydrogen (secondary N) is 1. The van der Waals surface area contributed by atoms with Crippen molar-refractivity contribution in [3.05, 3.63) is 54.4 Å². The van der Waals surface area contributed by atoms with E-state index in [2.05, 4.69) is 14.6 Å². The molecule has 2 fully saturated rings. The molecule has 0 radical (unpaired) electrons. The molecule has 2 aromatic carbocycles. The highest BCUT2D eigenvalue weighted by molar-refractivity contribution is 7.93. The summed E-state index contributed by atoms with van der Waals surface area (Å²) in [6.07, 6.45) is 5.25. The number of carbonyl (C=O) groups excluding carboxylic acids is 1. The van der Waals surface area contributed by atoms with E-state index in [1.807, 2.05) is 36.4 Å². The Morgan fingerprint density at radius 1 is 1.00 bits per heavy atom. The second kappa shape index (κ2) is 9.66. The summed E-state index contributed by atoms with van der Waals surface area (Å²) in [6.45, 7) is 3.00. The Kier molecular flexibility index (Phi) is 6.45. The van der Waals surface area contributed by atoms with E-state index in [1.165, 1.54) is 19.3 Å². The van der Waals surface area contributed by atoms with Crippen molar-refractivity contribution in [2.45, 2.75) is 38.0 Å². The van der Waals surface area contributed by atoms with Crippen LogP contribution in [0.1, 0.15) is 43.9 Å². The molecule has 8 nitrogen and oxygen atoms in total. The number of piperidine rings is 2. The Balaban J connectivity index is 1.19. The maximum absolute atomic E-state index is 12.9. The van der Waals surface area contributed by atoms with Gasteiger partial charge in [0.2, 0.25) is 15.9 Å². The molecule has 1 aromatic heterocycles. The van der Waals surface area contributed by atoms with Crippen LogP contribution in [0.25, 0.3) is 11.1 Å². The molecule has 9 heteroatoms. The highest BCUT2D eigenvalue weighted by Gasteiger charge is 2.30. The topological polar surface area (TPSA) is 95.8 Å². The molecule has 0 aliphatic carbocycles. The molecule has 1 amide bonds. The molecule has 1 atom stereocenters. The number of benzene rings is 2. The number of likely N-dealkylation sites (tertiary alicyclic amines) is 1. The van der Waals surface area contributed by atoms with Gasteiger partial charge in [0.25, 0.3) is 0 Å². The maximum Gasteiger partial charge on any atom is 0.241 e. The van der Waals surface area contributed by atoms with Gasteiger partial charge in [0.1, 0.15) is 11.3 Å². The van der Waals surface area contributed by atoms with E-state index in [1.54, 1.807) is 17.0 Å². The van der Waals surface area contributed by atoms with Crippen molar-refractivity contribution in [3.8, 4) is 0 Å². The highest BCUT2D eigenvalue weighted by atomic mass is 32.2. The number of carbonyl (C=O) groups is 1. The molecule has 180 valence electrons.